The van der Waals surface area contributed by atoms with Gasteiger partial charge in [0.15, 0.2) is 0 Å². The fourth-order valence-corrected chi connectivity index (χ4v) is 3.58. The van der Waals surface area contributed by atoms with E-state index < -0.39 is 15.9 Å². The van der Waals surface area contributed by atoms with Crippen molar-refractivity contribution in [1.82, 2.24) is 4.31 Å². The van der Waals surface area contributed by atoms with Gasteiger partial charge in [0.1, 0.15) is 5.75 Å². The first-order chi connectivity index (χ1) is 9.75. The van der Waals surface area contributed by atoms with Gasteiger partial charge < -0.3 is 15.6 Å². The highest BCUT2D eigenvalue weighted by Gasteiger charge is 2.27. The SMILES string of the molecule is COc1ccc(S(=O)(=O)N(CCO)C(C)C)cc1C(N)=O. The number of methoxy groups -OCH3 is 1. The van der Waals surface area contributed by atoms with Crippen LogP contribution < -0.4 is 10.5 Å². The second-order valence-corrected chi connectivity index (χ2v) is 6.55. The van der Waals surface area contributed by atoms with Gasteiger partial charge in [-0.2, -0.15) is 4.31 Å². The Kier molecular flexibility index (Phi) is 5.70. The Labute approximate surface area is 124 Å². The Balaban J connectivity index is 3.37. The van der Waals surface area contributed by atoms with Crippen LogP contribution in [0, 0.1) is 0 Å². The van der Waals surface area contributed by atoms with Gasteiger partial charge in [0.2, 0.25) is 10.0 Å². The summed E-state index contributed by atoms with van der Waals surface area (Å²) in [5.74, 6) is -0.568. The molecule has 0 fully saturated rings. The number of amides is 1. The van der Waals surface area contributed by atoms with Gasteiger partial charge in [-0.15, -0.1) is 0 Å². The van der Waals surface area contributed by atoms with Crippen molar-refractivity contribution in [3.8, 4) is 5.75 Å². The molecule has 0 aromatic heterocycles. The average molecular weight is 316 g/mol. The standard InChI is InChI=1S/C13H20N2O5S/c1-9(2)15(6-7-16)21(18,19)10-4-5-12(20-3)11(8-10)13(14)17/h4-5,8-9,16H,6-7H2,1-3H3,(H2,14,17). The molecule has 0 radical (unpaired) electrons. The van der Waals surface area contributed by atoms with Crippen LogP contribution in [0.5, 0.6) is 5.75 Å². The molecule has 1 amide bonds. The van der Waals surface area contributed by atoms with Crippen LogP contribution in [-0.4, -0.2) is 50.0 Å². The van der Waals surface area contributed by atoms with Gasteiger partial charge in [0.25, 0.3) is 5.91 Å². The molecular formula is C13H20N2O5S. The van der Waals surface area contributed by atoms with Crippen molar-refractivity contribution < 1.29 is 23.1 Å². The molecule has 0 atom stereocenters. The Morgan fingerprint density at radius 3 is 2.48 bits per heavy atom. The van der Waals surface area contributed by atoms with E-state index in [1.807, 2.05) is 0 Å². The molecule has 0 spiro atoms. The summed E-state index contributed by atoms with van der Waals surface area (Å²) in [6.07, 6.45) is 0. The van der Waals surface area contributed by atoms with Crippen molar-refractivity contribution in [3.63, 3.8) is 0 Å². The summed E-state index contributed by atoms with van der Waals surface area (Å²) in [6.45, 7) is 3.08. The van der Waals surface area contributed by atoms with E-state index in [4.69, 9.17) is 15.6 Å². The lowest BCUT2D eigenvalue weighted by molar-refractivity contribution is 0.0997. The van der Waals surface area contributed by atoms with Crippen molar-refractivity contribution in [2.45, 2.75) is 24.8 Å². The number of nitrogens with zero attached hydrogens (tertiary/aromatic N) is 1. The molecule has 7 nitrogen and oxygen atoms in total. The summed E-state index contributed by atoms with van der Waals surface area (Å²) < 4.78 is 31.3. The number of hydrogen-bond acceptors (Lipinski definition) is 5. The zero-order valence-electron chi connectivity index (χ0n) is 12.2. The predicted octanol–water partition coefficient (Wildman–Crippen LogP) is 0.185. The molecule has 1 aromatic rings. The number of aliphatic hydroxyl groups excluding tert-OH is 1. The third-order valence-corrected chi connectivity index (χ3v) is 5.01. The number of aliphatic hydroxyl groups is 1. The molecule has 0 aliphatic heterocycles. The van der Waals surface area contributed by atoms with Gasteiger partial charge in [-0.25, -0.2) is 8.42 Å². The minimum absolute atomic E-state index is 0.00807. The molecule has 1 rings (SSSR count). The zero-order valence-corrected chi connectivity index (χ0v) is 13.1. The van der Waals surface area contributed by atoms with Crippen LogP contribution in [0.25, 0.3) is 0 Å². The summed E-state index contributed by atoms with van der Waals surface area (Å²) in [6, 6.07) is 3.57. The topological polar surface area (TPSA) is 110 Å². The van der Waals surface area contributed by atoms with Crippen LogP contribution in [-0.2, 0) is 10.0 Å². The Hall–Kier alpha value is -1.64. The summed E-state index contributed by atoms with van der Waals surface area (Å²) in [5, 5.41) is 9.02. The van der Waals surface area contributed by atoms with Gasteiger partial charge in [0.05, 0.1) is 24.2 Å². The highest BCUT2D eigenvalue weighted by atomic mass is 32.2. The van der Waals surface area contributed by atoms with E-state index >= 15 is 0 Å². The first-order valence-electron chi connectivity index (χ1n) is 6.36. The number of carbonyl (C=O) groups excluding carboxylic acids is 1. The zero-order chi connectivity index (χ0) is 16.2. The molecule has 0 aliphatic carbocycles. The quantitative estimate of drug-likeness (QED) is 0.746. The van der Waals surface area contributed by atoms with Crippen molar-refractivity contribution in [3.05, 3.63) is 23.8 Å². The maximum atomic E-state index is 12.6. The van der Waals surface area contributed by atoms with Crippen LogP contribution in [0.2, 0.25) is 0 Å². The Morgan fingerprint density at radius 2 is 2.05 bits per heavy atom. The maximum Gasteiger partial charge on any atom is 0.252 e. The highest BCUT2D eigenvalue weighted by Crippen LogP contribution is 2.25. The van der Waals surface area contributed by atoms with Crippen molar-refractivity contribution in [2.75, 3.05) is 20.3 Å². The average Bonchev–Trinajstić information content (AvgIpc) is 2.43. The van der Waals surface area contributed by atoms with Crippen molar-refractivity contribution >= 4 is 15.9 Å². The van der Waals surface area contributed by atoms with E-state index in [0.717, 1.165) is 4.31 Å². The fraction of sp³-hybridized carbons (Fsp3) is 0.462. The number of nitrogens with two attached hydrogens (primary N) is 1. The largest absolute Gasteiger partial charge is 0.496 e. The number of rotatable bonds is 7. The molecule has 0 unspecified atom stereocenters. The number of benzene rings is 1. The van der Waals surface area contributed by atoms with E-state index in [0.29, 0.717) is 0 Å². The summed E-state index contributed by atoms with van der Waals surface area (Å²) in [4.78, 5) is 11.3. The van der Waals surface area contributed by atoms with Crippen LogP contribution in [0.4, 0.5) is 0 Å². The minimum Gasteiger partial charge on any atom is -0.496 e. The van der Waals surface area contributed by atoms with Crippen molar-refractivity contribution in [1.29, 1.82) is 0 Å². The highest BCUT2D eigenvalue weighted by molar-refractivity contribution is 7.89. The van der Waals surface area contributed by atoms with Crippen LogP contribution in [0.3, 0.4) is 0 Å². The van der Waals surface area contributed by atoms with E-state index in [9.17, 15) is 13.2 Å². The molecule has 0 aliphatic rings. The van der Waals surface area contributed by atoms with E-state index in [-0.39, 0.29) is 35.4 Å². The number of primary amides is 1. The Bertz CT molecular complexity index is 613. The Morgan fingerprint density at radius 1 is 1.43 bits per heavy atom. The number of carbonyl (C=O) groups is 1. The van der Waals surface area contributed by atoms with E-state index in [2.05, 4.69) is 0 Å². The van der Waals surface area contributed by atoms with Gasteiger partial charge in [-0.1, -0.05) is 0 Å². The summed E-state index contributed by atoms with van der Waals surface area (Å²) in [7, 11) is -2.47. The van der Waals surface area contributed by atoms with Crippen LogP contribution >= 0.6 is 0 Å². The second kappa shape index (κ2) is 6.88. The lowest BCUT2D eigenvalue weighted by Gasteiger charge is -2.25. The van der Waals surface area contributed by atoms with Crippen LogP contribution in [0.15, 0.2) is 23.1 Å². The monoisotopic (exact) mass is 316 g/mol. The number of hydrogen-bond donors (Lipinski definition) is 2. The summed E-state index contributed by atoms with van der Waals surface area (Å²) in [5.41, 5.74) is 5.22. The predicted molar refractivity (Wildman–Crippen MR) is 77.6 cm³/mol. The fourth-order valence-electron chi connectivity index (χ4n) is 1.93. The smallest absolute Gasteiger partial charge is 0.252 e. The van der Waals surface area contributed by atoms with Gasteiger partial charge >= 0.3 is 0 Å². The van der Waals surface area contributed by atoms with Gasteiger partial charge in [-0.05, 0) is 32.0 Å². The minimum atomic E-state index is -3.83. The van der Waals surface area contributed by atoms with Crippen LogP contribution in [0.1, 0.15) is 24.2 Å². The molecule has 0 saturated carbocycles. The third kappa shape index (κ3) is 3.72. The molecule has 0 heterocycles. The van der Waals surface area contributed by atoms with Gasteiger partial charge in [-0.3, -0.25) is 4.79 Å². The summed E-state index contributed by atoms with van der Waals surface area (Å²) >= 11 is 0. The number of ether oxygens (including phenoxy) is 1. The normalized spacial score (nSPS) is 11.9. The molecule has 21 heavy (non-hydrogen) atoms. The van der Waals surface area contributed by atoms with Gasteiger partial charge in [0, 0.05) is 12.6 Å². The first-order valence-corrected chi connectivity index (χ1v) is 7.80. The number of sulfonamides is 1. The maximum absolute atomic E-state index is 12.6. The van der Waals surface area contributed by atoms with Crippen molar-refractivity contribution in [2.24, 2.45) is 5.73 Å². The van der Waals surface area contributed by atoms with E-state index in [1.165, 1.54) is 25.3 Å². The van der Waals surface area contributed by atoms with E-state index in [1.54, 1.807) is 13.8 Å². The molecular weight excluding hydrogens is 296 g/mol. The molecule has 8 heteroatoms. The molecule has 118 valence electrons. The third-order valence-electron chi connectivity index (χ3n) is 2.94. The lowest BCUT2D eigenvalue weighted by atomic mass is 10.2. The molecule has 0 bridgehead atoms. The second-order valence-electron chi connectivity index (χ2n) is 4.66. The first kappa shape index (κ1) is 17.4. The molecule has 0 saturated heterocycles. The molecule has 1 aromatic carbocycles. The molecule has 3 N–H and O–H groups in total. The lowest BCUT2D eigenvalue weighted by Crippen LogP contribution is -2.39.